The van der Waals surface area contributed by atoms with Gasteiger partial charge >= 0.3 is 0 Å². The number of fused-ring (bicyclic) bond motifs is 1. The molecule has 0 radical (unpaired) electrons. The Bertz CT molecular complexity index is 576. The van der Waals surface area contributed by atoms with Gasteiger partial charge in [-0.3, -0.25) is 9.59 Å². The van der Waals surface area contributed by atoms with Gasteiger partial charge in [0.25, 0.3) is 0 Å². The van der Waals surface area contributed by atoms with Crippen LogP contribution in [0.1, 0.15) is 38.7 Å². The summed E-state index contributed by atoms with van der Waals surface area (Å²) < 4.78 is 0. The van der Waals surface area contributed by atoms with Crippen molar-refractivity contribution in [3.63, 3.8) is 0 Å². The van der Waals surface area contributed by atoms with E-state index in [1.54, 1.807) is 18.7 Å². The average molecular weight is 286 g/mol. The molecule has 0 spiro atoms. The van der Waals surface area contributed by atoms with E-state index in [0.29, 0.717) is 6.54 Å². The lowest BCUT2D eigenvalue weighted by molar-refractivity contribution is -0.139. The van der Waals surface area contributed by atoms with E-state index >= 15 is 0 Å². The number of benzene rings is 1. The fourth-order valence-electron chi connectivity index (χ4n) is 2.77. The Labute approximate surface area is 125 Å². The van der Waals surface area contributed by atoms with E-state index in [1.165, 1.54) is 5.56 Å². The summed E-state index contributed by atoms with van der Waals surface area (Å²) in [6.45, 7) is 4.14. The number of carbonyl (C=O) groups is 2. The Hall–Kier alpha value is -1.84. The summed E-state index contributed by atoms with van der Waals surface area (Å²) in [7, 11) is 0. The quantitative estimate of drug-likeness (QED) is 0.867. The fourth-order valence-corrected chi connectivity index (χ4v) is 2.77. The number of anilines is 1. The van der Waals surface area contributed by atoms with Gasteiger partial charge in [-0.15, -0.1) is 0 Å². The maximum atomic E-state index is 12.9. The number of nitrogens with one attached hydrogen (secondary N) is 1. The van der Waals surface area contributed by atoms with Crippen molar-refractivity contribution in [3.05, 3.63) is 29.8 Å². The van der Waals surface area contributed by atoms with Crippen LogP contribution in [0.15, 0.2) is 24.3 Å². The van der Waals surface area contributed by atoms with Crippen LogP contribution >= 0.6 is 0 Å². The van der Waals surface area contributed by atoms with Gasteiger partial charge in [-0.1, -0.05) is 18.2 Å². The Morgan fingerprint density at radius 2 is 1.95 bits per heavy atom. The van der Waals surface area contributed by atoms with Crippen molar-refractivity contribution in [1.82, 2.24) is 5.32 Å². The lowest BCUT2D eigenvalue weighted by atomic mass is 9.88. The molecule has 112 valence electrons. The van der Waals surface area contributed by atoms with Crippen LogP contribution in [0.3, 0.4) is 0 Å². The summed E-state index contributed by atoms with van der Waals surface area (Å²) in [6.07, 6.45) is 4.00. The lowest BCUT2D eigenvalue weighted by Gasteiger charge is -2.35. The van der Waals surface area contributed by atoms with Crippen LogP contribution in [0.4, 0.5) is 5.69 Å². The van der Waals surface area contributed by atoms with E-state index in [0.717, 1.165) is 31.4 Å². The van der Waals surface area contributed by atoms with E-state index in [1.807, 2.05) is 18.2 Å². The summed E-state index contributed by atoms with van der Waals surface area (Å²) in [6, 6.07) is 8.26. The molecule has 3 rings (SSSR count). The van der Waals surface area contributed by atoms with Crippen molar-refractivity contribution < 1.29 is 9.59 Å². The number of rotatable bonds is 3. The first-order valence-electron chi connectivity index (χ1n) is 7.71. The van der Waals surface area contributed by atoms with Gasteiger partial charge in [0.05, 0.1) is 0 Å². The van der Waals surface area contributed by atoms with Crippen LogP contribution in [-0.2, 0) is 16.0 Å². The zero-order valence-corrected chi connectivity index (χ0v) is 12.7. The fraction of sp³-hybridized carbons (Fsp3) is 0.529. The first-order chi connectivity index (χ1) is 10.00. The zero-order valence-electron chi connectivity index (χ0n) is 12.7. The van der Waals surface area contributed by atoms with Gasteiger partial charge < -0.3 is 10.2 Å². The lowest BCUT2D eigenvalue weighted by Crippen LogP contribution is -2.51. The van der Waals surface area contributed by atoms with Crippen LogP contribution in [0.5, 0.6) is 0 Å². The van der Waals surface area contributed by atoms with Crippen molar-refractivity contribution >= 4 is 17.5 Å². The Kier molecular flexibility index (Phi) is 3.47. The van der Waals surface area contributed by atoms with Gasteiger partial charge in [-0.05, 0) is 51.2 Å². The number of para-hydroxylation sites is 1. The third-order valence-corrected chi connectivity index (χ3v) is 4.37. The number of hydrogen-bond acceptors (Lipinski definition) is 2. The highest BCUT2D eigenvalue weighted by atomic mass is 16.2. The molecule has 0 saturated heterocycles. The molecular formula is C17H22N2O2. The summed E-state index contributed by atoms with van der Waals surface area (Å²) >= 11 is 0. The predicted molar refractivity (Wildman–Crippen MR) is 82.1 cm³/mol. The first-order valence-corrected chi connectivity index (χ1v) is 7.71. The van der Waals surface area contributed by atoms with Crippen molar-refractivity contribution in [2.24, 2.45) is 5.41 Å². The highest BCUT2D eigenvalue weighted by Crippen LogP contribution is 2.31. The van der Waals surface area contributed by atoms with Gasteiger partial charge in [0.2, 0.25) is 11.8 Å². The molecule has 1 N–H and O–H groups in total. The average Bonchev–Trinajstić information content (AvgIpc) is 3.29. The molecule has 0 atom stereocenters. The van der Waals surface area contributed by atoms with Gasteiger partial charge in [-0.2, -0.15) is 0 Å². The molecular weight excluding hydrogens is 264 g/mol. The topological polar surface area (TPSA) is 49.4 Å². The van der Waals surface area contributed by atoms with E-state index in [9.17, 15) is 9.59 Å². The van der Waals surface area contributed by atoms with Crippen LogP contribution in [0.2, 0.25) is 0 Å². The summed E-state index contributed by atoms with van der Waals surface area (Å²) in [5.41, 5.74) is 1.13. The van der Waals surface area contributed by atoms with Crippen LogP contribution < -0.4 is 10.2 Å². The highest BCUT2D eigenvalue weighted by Gasteiger charge is 2.42. The number of hydrogen-bond donors (Lipinski definition) is 1. The molecule has 1 saturated carbocycles. The summed E-state index contributed by atoms with van der Waals surface area (Å²) in [5.74, 6) is -0.258. The van der Waals surface area contributed by atoms with Crippen LogP contribution in [-0.4, -0.2) is 24.4 Å². The molecule has 2 aliphatic rings. The van der Waals surface area contributed by atoms with Gasteiger partial charge in [0.15, 0.2) is 0 Å². The third kappa shape index (κ3) is 2.67. The maximum absolute atomic E-state index is 12.9. The molecule has 0 unspecified atom stereocenters. The van der Waals surface area contributed by atoms with E-state index in [2.05, 4.69) is 11.4 Å². The molecule has 2 amide bonds. The zero-order chi connectivity index (χ0) is 15.0. The van der Waals surface area contributed by atoms with Crippen molar-refractivity contribution in [3.8, 4) is 0 Å². The van der Waals surface area contributed by atoms with E-state index in [-0.39, 0.29) is 17.9 Å². The van der Waals surface area contributed by atoms with Crippen molar-refractivity contribution in [1.29, 1.82) is 0 Å². The molecule has 21 heavy (non-hydrogen) atoms. The van der Waals surface area contributed by atoms with Crippen LogP contribution in [0.25, 0.3) is 0 Å². The minimum absolute atomic E-state index is 0.104. The number of carbonyl (C=O) groups excluding carboxylic acids is 2. The minimum atomic E-state index is -1.02. The molecule has 1 fully saturated rings. The van der Waals surface area contributed by atoms with Crippen molar-refractivity contribution in [2.45, 2.75) is 45.6 Å². The second kappa shape index (κ2) is 5.17. The summed E-state index contributed by atoms with van der Waals surface area (Å²) in [5, 5.41) is 2.95. The Morgan fingerprint density at radius 3 is 2.67 bits per heavy atom. The molecule has 4 nitrogen and oxygen atoms in total. The second-order valence-electron chi connectivity index (χ2n) is 6.56. The number of nitrogens with zero attached hydrogens (tertiary/aromatic N) is 1. The SMILES string of the molecule is CC(C)(C(=O)NC1CC1)C(=O)N1CCCc2ccccc21. The van der Waals surface area contributed by atoms with Gasteiger partial charge in [0.1, 0.15) is 5.41 Å². The minimum Gasteiger partial charge on any atom is -0.352 e. The van der Waals surface area contributed by atoms with E-state index < -0.39 is 5.41 Å². The largest absolute Gasteiger partial charge is 0.352 e. The van der Waals surface area contributed by atoms with E-state index in [4.69, 9.17) is 0 Å². The molecule has 1 aliphatic heterocycles. The maximum Gasteiger partial charge on any atom is 0.242 e. The molecule has 0 bridgehead atoms. The number of amides is 2. The first kappa shape index (κ1) is 14.1. The molecule has 4 heteroatoms. The third-order valence-electron chi connectivity index (χ3n) is 4.37. The van der Waals surface area contributed by atoms with Gasteiger partial charge in [0, 0.05) is 18.3 Å². The van der Waals surface area contributed by atoms with Gasteiger partial charge in [-0.25, -0.2) is 0 Å². The molecule has 1 heterocycles. The second-order valence-corrected chi connectivity index (χ2v) is 6.56. The Balaban J connectivity index is 1.83. The normalized spacial score (nSPS) is 18.1. The monoisotopic (exact) mass is 286 g/mol. The number of aryl methyl sites for hydroxylation is 1. The van der Waals surface area contributed by atoms with Crippen LogP contribution in [0, 0.1) is 5.41 Å². The predicted octanol–water partition coefficient (Wildman–Crippen LogP) is 2.27. The van der Waals surface area contributed by atoms with Crippen molar-refractivity contribution in [2.75, 3.05) is 11.4 Å². The highest BCUT2D eigenvalue weighted by molar-refractivity contribution is 6.11. The molecule has 1 aromatic rings. The smallest absolute Gasteiger partial charge is 0.242 e. The Morgan fingerprint density at radius 1 is 1.24 bits per heavy atom. The molecule has 0 aromatic heterocycles. The summed E-state index contributed by atoms with van der Waals surface area (Å²) in [4.78, 5) is 27.0. The standard InChI is InChI=1S/C17H22N2O2/c1-17(2,15(20)18-13-9-10-13)16(21)19-11-5-7-12-6-3-4-8-14(12)19/h3-4,6,8,13H,5,7,9-11H2,1-2H3,(H,18,20). The molecule has 1 aliphatic carbocycles. The molecule has 1 aromatic carbocycles.